The Hall–Kier alpha value is -3.42. The van der Waals surface area contributed by atoms with Crippen LogP contribution in [-0.2, 0) is 10.0 Å². The predicted molar refractivity (Wildman–Crippen MR) is 122 cm³/mol. The van der Waals surface area contributed by atoms with Crippen molar-refractivity contribution < 1.29 is 8.42 Å². The molecule has 156 valence electrons. The summed E-state index contributed by atoms with van der Waals surface area (Å²) >= 11 is 0. The van der Waals surface area contributed by atoms with Crippen LogP contribution < -0.4 is 5.69 Å². The van der Waals surface area contributed by atoms with Crippen molar-refractivity contribution in [2.24, 2.45) is 0 Å². The molecule has 0 saturated heterocycles. The first-order valence-corrected chi connectivity index (χ1v) is 11.5. The molecule has 0 unspecified atom stereocenters. The van der Waals surface area contributed by atoms with Crippen LogP contribution in [0.1, 0.15) is 6.42 Å². The van der Waals surface area contributed by atoms with Crippen LogP contribution in [0.2, 0.25) is 0 Å². The summed E-state index contributed by atoms with van der Waals surface area (Å²) in [7, 11) is -3.61. The molecule has 0 amide bonds. The second-order valence-corrected chi connectivity index (χ2v) is 9.42. The molecule has 0 saturated carbocycles. The molecule has 4 aromatic rings. The van der Waals surface area contributed by atoms with Gasteiger partial charge < -0.3 is 4.98 Å². The van der Waals surface area contributed by atoms with Gasteiger partial charge in [0.05, 0.1) is 15.9 Å². The summed E-state index contributed by atoms with van der Waals surface area (Å²) in [6.45, 7) is 0.546. The average molecular weight is 432 g/mol. The van der Waals surface area contributed by atoms with Crippen LogP contribution in [0.4, 0.5) is 0 Å². The highest BCUT2D eigenvalue weighted by Crippen LogP contribution is 2.26. The molecule has 0 radical (unpaired) electrons. The maximum Gasteiger partial charge on any atom is 0.330 e. The van der Waals surface area contributed by atoms with Gasteiger partial charge in [-0.2, -0.15) is 4.31 Å². The van der Waals surface area contributed by atoms with Gasteiger partial charge in [-0.25, -0.2) is 13.2 Å². The number of aromatic amines is 1. The number of H-pyrrole nitrogens is 1. The van der Waals surface area contributed by atoms with E-state index in [1.165, 1.54) is 4.31 Å². The zero-order valence-electron chi connectivity index (χ0n) is 16.7. The highest BCUT2D eigenvalue weighted by Gasteiger charge is 2.27. The van der Waals surface area contributed by atoms with Gasteiger partial charge in [0.2, 0.25) is 10.0 Å². The highest BCUT2D eigenvalue weighted by molar-refractivity contribution is 7.89. The summed E-state index contributed by atoms with van der Waals surface area (Å²) < 4.78 is 29.3. The van der Waals surface area contributed by atoms with E-state index in [-0.39, 0.29) is 17.1 Å². The van der Waals surface area contributed by atoms with Crippen molar-refractivity contribution in [3.8, 4) is 11.1 Å². The van der Waals surface area contributed by atoms with Crippen LogP contribution in [0.5, 0.6) is 0 Å². The molecule has 1 aromatic heterocycles. The van der Waals surface area contributed by atoms with Crippen LogP contribution in [0.15, 0.2) is 94.6 Å². The molecular weight excluding hydrogens is 410 g/mol. The highest BCUT2D eigenvalue weighted by atomic mass is 32.2. The fourth-order valence-corrected chi connectivity index (χ4v) is 5.38. The molecule has 0 atom stereocenters. The van der Waals surface area contributed by atoms with E-state index in [4.69, 9.17) is 0 Å². The van der Waals surface area contributed by atoms with Gasteiger partial charge in [0.25, 0.3) is 0 Å². The van der Waals surface area contributed by atoms with Crippen LogP contribution in [-0.4, -0.2) is 35.4 Å². The van der Waals surface area contributed by atoms with Gasteiger partial charge in [-0.15, -0.1) is 0 Å². The van der Waals surface area contributed by atoms with E-state index in [0.717, 1.165) is 27.9 Å². The van der Waals surface area contributed by atoms with Gasteiger partial charge in [0, 0.05) is 25.2 Å². The average Bonchev–Trinajstić information content (AvgIpc) is 3.15. The van der Waals surface area contributed by atoms with E-state index in [1.54, 1.807) is 16.7 Å². The number of nitrogens with zero attached hydrogens (tertiary/aromatic N) is 2. The number of sulfonamides is 1. The second-order valence-electron chi connectivity index (χ2n) is 7.48. The van der Waals surface area contributed by atoms with Gasteiger partial charge in [0.1, 0.15) is 0 Å². The zero-order valence-corrected chi connectivity index (χ0v) is 17.5. The standard InChI is InChI=1S/C24H21N3O3S/c28-24-25-22-8-4-5-9-23(22)27(24)20-14-16-26(17-15-20)31(29,30)21-12-10-19(11-13-21)18-6-2-1-3-7-18/h1-14H,15-17H2,(H,25,28). The molecule has 0 spiro atoms. The van der Waals surface area contributed by atoms with E-state index < -0.39 is 10.0 Å². The molecule has 0 aliphatic carbocycles. The Morgan fingerprint density at radius 1 is 0.806 bits per heavy atom. The number of aromatic nitrogens is 2. The minimum atomic E-state index is -3.61. The Morgan fingerprint density at radius 3 is 2.19 bits per heavy atom. The lowest BCUT2D eigenvalue weighted by atomic mass is 10.1. The van der Waals surface area contributed by atoms with E-state index in [2.05, 4.69) is 4.98 Å². The SMILES string of the molecule is O=c1[nH]c2ccccc2n1C1=CCN(S(=O)(=O)c2ccc(-c3ccccc3)cc2)CC1. The molecule has 31 heavy (non-hydrogen) atoms. The summed E-state index contributed by atoms with van der Waals surface area (Å²) in [6, 6.07) is 24.3. The molecule has 7 heteroatoms. The predicted octanol–water partition coefficient (Wildman–Crippen LogP) is 3.93. The van der Waals surface area contributed by atoms with Crippen LogP contribution in [0.3, 0.4) is 0 Å². The number of hydrogen-bond donors (Lipinski definition) is 1. The largest absolute Gasteiger partial charge is 0.330 e. The van der Waals surface area contributed by atoms with Crippen LogP contribution >= 0.6 is 0 Å². The van der Waals surface area contributed by atoms with Gasteiger partial charge in [0.15, 0.2) is 0 Å². The minimum Gasteiger partial charge on any atom is -0.305 e. The molecule has 0 fully saturated rings. The smallest absolute Gasteiger partial charge is 0.305 e. The first-order chi connectivity index (χ1) is 15.0. The Bertz CT molecular complexity index is 1430. The Morgan fingerprint density at radius 2 is 1.48 bits per heavy atom. The lowest BCUT2D eigenvalue weighted by Crippen LogP contribution is -2.36. The summed E-state index contributed by atoms with van der Waals surface area (Å²) in [4.78, 5) is 15.5. The summed E-state index contributed by atoms with van der Waals surface area (Å²) in [5, 5.41) is 0. The number of para-hydroxylation sites is 2. The van der Waals surface area contributed by atoms with Crippen LogP contribution in [0.25, 0.3) is 27.9 Å². The molecule has 5 rings (SSSR count). The molecule has 1 aliphatic rings. The third kappa shape index (κ3) is 3.52. The summed E-state index contributed by atoms with van der Waals surface area (Å²) in [6.07, 6.45) is 2.28. The Balaban J connectivity index is 1.40. The molecule has 3 aromatic carbocycles. The van der Waals surface area contributed by atoms with Crippen LogP contribution in [0, 0.1) is 0 Å². The third-order valence-electron chi connectivity index (χ3n) is 5.62. The van der Waals surface area contributed by atoms with Crippen molar-refractivity contribution in [3.63, 3.8) is 0 Å². The number of benzene rings is 3. The fourth-order valence-electron chi connectivity index (χ4n) is 4.00. The summed E-state index contributed by atoms with van der Waals surface area (Å²) in [5.41, 5.74) is 4.18. The molecule has 0 bridgehead atoms. The first kappa shape index (κ1) is 19.5. The number of fused-ring (bicyclic) bond motifs is 1. The fraction of sp³-hybridized carbons (Fsp3) is 0.125. The van der Waals surface area contributed by atoms with Crippen molar-refractivity contribution in [2.45, 2.75) is 11.3 Å². The third-order valence-corrected chi connectivity index (χ3v) is 7.50. The number of rotatable bonds is 4. The quantitative estimate of drug-likeness (QED) is 0.532. The van der Waals surface area contributed by atoms with Crippen molar-refractivity contribution in [2.75, 3.05) is 13.1 Å². The van der Waals surface area contributed by atoms with Crippen molar-refractivity contribution in [1.82, 2.24) is 13.9 Å². The van der Waals surface area contributed by atoms with Gasteiger partial charge >= 0.3 is 5.69 Å². The molecular formula is C24H21N3O3S. The maximum atomic E-state index is 13.1. The molecule has 1 aliphatic heterocycles. The van der Waals surface area contributed by atoms with Crippen molar-refractivity contribution in [1.29, 1.82) is 0 Å². The van der Waals surface area contributed by atoms with Crippen molar-refractivity contribution in [3.05, 3.63) is 95.4 Å². The van der Waals surface area contributed by atoms with E-state index in [1.807, 2.05) is 72.8 Å². The van der Waals surface area contributed by atoms with E-state index >= 15 is 0 Å². The second kappa shape index (κ2) is 7.68. The number of imidazole rings is 1. The van der Waals surface area contributed by atoms with Gasteiger partial charge in [-0.05, 0) is 41.5 Å². The Kier molecular flexibility index (Phi) is 4.84. The monoisotopic (exact) mass is 431 g/mol. The van der Waals surface area contributed by atoms with Crippen molar-refractivity contribution >= 4 is 26.8 Å². The number of hydrogen-bond acceptors (Lipinski definition) is 3. The molecule has 2 heterocycles. The molecule has 1 N–H and O–H groups in total. The molecule has 6 nitrogen and oxygen atoms in total. The Labute approximate surface area is 180 Å². The first-order valence-electron chi connectivity index (χ1n) is 10.1. The lowest BCUT2D eigenvalue weighted by molar-refractivity contribution is 0.438. The van der Waals surface area contributed by atoms with Gasteiger partial charge in [-0.1, -0.05) is 54.6 Å². The minimum absolute atomic E-state index is 0.208. The normalized spacial score (nSPS) is 15.2. The van der Waals surface area contributed by atoms with Gasteiger partial charge in [-0.3, -0.25) is 4.57 Å². The number of nitrogens with one attached hydrogen (secondary N) is 1. The van der Waals surface area contributed by atoms with E-state index in [0.29, 0.717) is 13.0 Å². The lowest BCUT2D eigenvalue weighted by Gasteiger charge is -2.26. The zero-order chi connectivity index (χ0) is 21.4. The maximum absolute atomic E-state index is 13.1. The summed E-state index contributed by atoms with van der Waals surface area (Å²) in [5.74, 6) is 0. The topological polar surface area (TPSA) is 75.2 Å². The van der Waals surface area contributed by atoms with E-state index in [9.17, 15) is 13.2 Å².